The molecule has 1 aromatic rings. The van der Waals surface area contributed by atoms with Crippen LogP contribution in [0, 0.1) is 13.8 Å². The smallest absolute Gasteiger partial charge is 0.0854 e. The molecule has 0 heterocycles. The lowest BCUT2D eigenvalue weighted by Crippen LogP contribution is -2.46. The van der Waals surface area contributed by atoms with E-state index in [9.17, 15) is 0 Å². The van der Waals surface area contributed by atoms with Gasteiger partial charge in [-0.25, -0.2) is 0 Å². The van der Waals surface area contributed by atoms with Crippen LogP contribution < -0.4 is 11.3 Å². The lowest BCUT2D eigenvalue weighted by Gasteiger charge is -2.36. The zero-order valence-electron chi connectivity index (χ0n) is 11.5. The summed E-state index contributed by atoms with van der Waals surface area (Å²) in [6.45, 7) is 8.39. The number of rotatable bonds is 5. The maximum absolute atomic E-state index is 5.72. The quantitative estimate of drug-likeness (QED) is 0.610. The molecule has 0 amide bonds. The van der Waals surface area contributed by atoms with Gasteiger partial charge >= 0.3 is 0 Å². The Bertz CT molecular complexity index is 372. The zero-order chi connectivity index (χ0) is 13.1. The van der Waals surface area contributed by atoms with Gasteiger partial charge in [0.05, 0.1) is 11.6 Å². The number of aryl methyl sites for hydroxylation is 2. The molecule has 0 fully saturated rings. The van der Waals surface area contributed by atoms with Crippen molar-refractivity contribution in [3.63, 3.8) is 0 Å². The molecule has 0 radical (unpaired) electrons. The third-order valence-electron chi connectivity index (χ3n) is 3.68. The number of nitrogens with two attached hydrogens (primary N) is 1. The topological polar surface area (TPSA) is 47.3 Å². The van der Waals surface area contributed by atoms with Gasteiger partial charge in [0, 0.05) is 7.11 Å². The highest BCUT2D eigenvalue weighted by atomic mass is 16.5. The molecule has 2 unspecified atom stereocenters. The SMILES string of the molecule is CCC(C)(OC)C(NN)c1ccc(C)cc1C. The molecular formula is C14H24N2O. The summed E-state index contributed by atoms with van der Waals surface area (Å²) in [5, 5.41) is 0. The van der Waals surface area contributed by atoms with Gasteiger partial charge in [-0.1, -0.05) is 30.7 Å². The van der Waals surface area contributed by atoms with Crippen LogP contribution in [0.25, 0.3) is 0 Å². The Kier molecular flexibility index (Phi) is 4.69. The Hall–Kier alpha value is -0.900. The Labute approximate surface area is 104 Å². The highest BCUT2D eigenvalue weighted by molar-refractivity contribution is 5.34. The van der Waals surface area contributed by atoms with Crippen molar-refractivity contribution >= 4 is 0 Å². The third kappa shape index (κ3) is 2.86. The molecule has 0 spiro atoms. The van der Waals surface area contributed by atoms with E-state index in [-0.39, 0.29) is 11.6 Å². The largest absolute Gasteiger partial charge is 0.376 e. The van der Waals surface area contributed by atoms with Crippen molar-refractivity contribution in [2.45, 2.75) is 45.8 Å². The van der Waals surface area contributed by atoms with E-state index in [1.807, 2.05) is 0 Å². The molecule has 2 atom stereocenters. The van der Waals surface area contributed by atoms with Crippen molar-refractivity contribution < 1.29 is 4.74 Å². The Morgan fingerprint density at radius 1 is 1.41 bits per heavy atom. The van der Waals surface area contributed by atoms with Crippen molar-refractivity contribution in [1.29, 1.82) is 0 Å². The van der Waals surface area contributed by atoms with E-state index in [4.69, 9.17) is 10.6 Å². The molecule has 1 aromatic carbocycles. The van der Waals surface area contributed by atoms with Crippen LogP contribution in [0.3, 0.4) is 0 Å². The van der Waals surface area contributed by atoms with Crippen LogP contribution in [0.15, 0.2) is 18.2 Å². The van der Waals surface area contributed by atoms with Gasteiger partial charge in [-0.15, -0.1) is 0 Å². The van der Waals surface area contributed by atoms with Gasteiger partial charge in [0.25, 0.3) is 0 Å². The fraction of sp³-hybridized carbons (Fsp3) is 0.571. The number of methoxy groups -OCH3 is 1. The molecular weight excluding hydrogens is 212 g/mol. The van der Waals surface area contributed by atoms with Gasteiger partial charge in [-0.2, -0.15) is 0 Å². The second-order valence-corrected chi connectivity index (χ2v) is 4.83. The van der Waals surface area contributed by atoms with Crippen LogP contribution in [0.4, 0.5) is 0 Å². The lowest BCUT2D eigenvalue weighted by atomic mass is 9.85. The van der Waals surface area contributed by atoms with Crippen LogP contribution in [-0.4, -0.2) is 12.7 Å². The molecule has 0 bridgehead atoms. The van der Waals surface area contributed by atoms with E-state index in [1.165, 1.54) is 16.7 Å². The lowest BCUT2D eigenvalue weighted by molar-refractivity contribution is -0.0302. The minimum Gasteiger partial charge on any atom is -0.376 e. The van der Waals surface area contributed by atoms with Gasteiger partial charge in [0.15, 0.2) is 0 Å². The Morgan fingerprint density at radius 2 is 2.06 bits per heavy atom. The molecule has 0 aliphatic rings. The van der Waals surface area contributed by atoms with Gasteiger partial charge in [-0.3, -0.25) is 11.3 Å². The van der Waals surface area contributed by atoms with Crippen molar-refractivity contribution in [2.75, 3.05) is 7.11 Å². The highest BCUT2D eigenvalue weighted by Gasteiger charge is 2.33. The highest BCUT2D eigenvalue weighted by Crippen LogP contribution is 2.32. The van der Waals surface area contributed by atoms with Crippen LogP contribution in [0.2, 0.25) is 0 Å². The van der Waals surface area contributed by atoms with Crippen molar-refractivity contribution in [1.82, 2.24) is 5.43 Å². The predicted molar refractivity (Wildman–Crippen MR) is 71.7 cm³/mol. The summed E-state index contributed by atoms with van der Waals surface area (Å²) in [6.07, 6.45) is 0.895. The van der Waals surface area contributed by atoms with E-state index in [1.54, 1.807) is 7.11 Å². The maximum Gasteiger partial charge on any atom is 0.0854 e. The van der Waals surface area contributed by atoms with Gasteiger partial charge in [-0.05, 0) is 38.3 Å². The summed E-state index contributed by atoms with van der Waals surface area (Å²) >= 11 is 0. The zero-order valence-corrected chi connectivity index (χ0v) is 11.5. The second-order valence-electron chi connectivity index (χ2n) is 4.83. The average Bonchev–Trinajstić information content (AvgIpc) is 2.32. The van der Waals surface area contributed by atoms with Crippen LogP contribution in [-0.2, 0) is 4.74 Å². The standard InChI is InChI=1S/C14H24N2O/c1-6-14(4,17-5)13(16-15)12-8-7-10(2)9-11(12)3/h7-9,13,16H,6,15H2,1-5H3. The first-order chi connectivity index (χ1) is 7.98. The molecule has 17 heavy (non-hydrogen) atoms. The first kappa shape index (κ1) is 14.2. The van der Waals surface area contributed by atoms with Crippen LogP contribution >= 0.6 is 0 Å². The number of nitrogens with one attached hydrogen (secondary N) is 1. The van der Waals surface area contributed by atoms with Gasteiger partial charge in [0.2, 0.25) is 0 Å². The first-order valence-electron chi connectivity index (χ1n) is 6.07. The van der Waals surface area contributed by atoms with E-state index in [0.717, 1.165) is 6.42 Å². The molecule has 3 nitrogen and oxygen atoms in total. The van der Waals surface area contributed by atoms with E-state index >= 15 is 0 Å². The summed E-state index contributed by atoms with van der Waals surface area (Å²) in [4.78, 5) is 0. The molecule has 96 valence electrons. The normalized spacial score (nSPS) is 16.6. The number of benzene rings is 1. The summed E-state index contributed by atoms with van der Waals surface area (Å²) in [7, 11) is 1.73. The van der Waals surface area contributed by atoms with Gasteiger partial charge in [0.1, 0.15) is 0 Å². The monoisotopic (exact) mass is 236 g/mol. The molecule has 1 rings (SSSR count). The summed E-state index contributed by atoms with van der Waals surface area (Å²) in [5.74, 6) is 5.72. The van der Waals surface area contributed by atoms with Crippen molar-refractivity contribution in [3.05, 3.63) is 34.9 Å². The average molecular weight is 236 g/mol. The van der Waals surface area contributed by atoms with Crippen molar-refractivity contribution in [2.24, 2.45) is 5.84 Å². The maximum atomic E-state index is 5.72. The predicted octanol–water partition coefficient (Wildman–Crippen LogP) is 2.62. The summed E-state index contributed by atoms with van der Waals surface area (Å²) in [6, 6.07) is 6.41. The summed E-state index contributed by atoms with van der Waals surface area (Å²) < 4.78 is 5.64. The molecule has 0 saturated carbocycles. The van der Waals surface area contributed by atoms with E-state index in [0.29, 0.717) is 0 Å². The minimum atomic E-state index is -0.297. The number of ether oxygens (including phenoxy) is 1. The van der Waals surface area contributed by atoms with Crippen LogP contribution in [0.5, 0.6) is 0 Å². The fourth-order valence-corrected chi connectivity index (χ4v) is 2.21. The number of hydrogen-bond acceptors (Lipinski definition) is 3. The molecule has 0 aromatic heterocycles. The minimum absolute atomic E-state index is 0.00176. The molecule has 0 saturated heterocycles. The molecule has 3 N–H and O–H groups in total. The number of hydrogen-bond donors (Lipinski definition) is 2. The molecule has 0 aliphatic carbocycles. The second kappa shape index (κ2) is 5.63. The van der Waals surface area contributed by atoms with E-state index < -0.39 is 0 Å². The Morgan fingerprint density at radius 3 is 2.47 bits per heavy atom. The van der Waals surface area contributed by atoms with Gasteiger partial charge < -0.3 is 4.74 Å². The number of hydrazine groups is 1. The van der Waals surface area contributed by atoms with Crippen molar-refractivity contribution in [3.8, 4) is 0 Å². The van der Waals surface area contributed by atoms with Crippen LogP contribution in [0.1, 0.15) is 43.0 Å². The van der Waals surface area contributed by atoms with E-state index in [2.05, 4.69) is 51.3 Å². The Balaban J connectivity index is 3.17. The first-order valence-corrected chi connectivity index (χ1v) is 6.07. The molecule has 3 heteroatoms. The summed E-state index contributed by atoms with van der Waals surface area (Å²) in [5.41, 5.74) is 6.30. The molecule has 0 aliphatic heterocycles. The fourth-order valence-electron chi connectivity index (χ4n) is 2.21. The third-order valence-corrected chi connectivity index (χ3v) is 3.68.